The van der Waals surface area contributed by atoms with E-state index in [4.69, 9.17) is 31.8 Å². The molecule has 18 aromatic rings. The van der Waals surface area contributed by atoms with Gasteiger partial charge in [-0.2, -0.15) is 0 Å². The second kappa shape index (κ2) is 48.9. The number of Topliss-reactive ketones (excluding diaryl/α,β-unsaturated/α-hetero) is 3. The molecule has 0 unspecified atom stereocenters. The predicted molar refractivity (Wildman–Crippen MR) is 541 cm³/mol. The number of para-hydroxylation sites is 1. The highest BCUT2D eigenvalue weighted by atomic mass is 19.2. The predicted octanol–water partition coefficient (Wildman–Crippen LogP) is 19.2. The van der Waals surface area contributed by atoms with E-state index in [0.29, 0.717) is 69.0 Å². The van der Waals surface area contributed by atoms with E-state index in [2.05, 4.69) is 61.7 Å². The Morgan fingerprint density at radius 1 is 0.336 bits per heavy atom. The van der Waals surface area contributed by atoms with Gasteiger partial charge in [0.05, 0.1) is 6.04 Å². The van der Waals surface area contributed by atoms with Crippen molar-refractivity contribution in [1.82, 2.24) is 61.7 Å². The molecule has 0 aliphatic heterocycles. The highest BCUT2D eigenvalue weighted by Gasteiger charge is 2.31. The Labute approximate surface area is 844 Å². The zero-order valence-electron chi connectivity index (χ0n) is 79.5. The fourth-order valence-corrected chi connectivity index (χ4v) is 16.5. The molecule has 0 radical (unpaired) electrons. The standard InChI is InChI=1S/C31H27F2N5O3.C29H23F2N3O3.C27H21F4N3O2.C26H23F2N5O2/c32-24-10-7-20(17-25(24)33)18-26(27(39)11-8-19-6-9-23-22(16-19)14-15-35-30(23)34)36-28(40)12-13-29-37-38-31(41-29)21-4-2-1-3-5-21;30-23-8-6-17(13-24(23)31)11-21(14-25(35)27-15-20-3-1-2-4-26(20)37-27)29(36)34-16-18-5-7-22-19(12-18)9-10-33-28(22)32;28-21-5-2-15(11-23(21)30)9-19(13-25(35)18-3-6-22(29)24(31)12-18)27(36)34-14-16-1-4-20-17(10-16)7-8-33-26(20)32;1-15-3-2-9-30-23(15)26(35)33-22(13-16-5-7-20(27)21(28)12-16)25(34)32-14-17-4-6-19-18(11-17)8-10-31-24(19)29/h1-7,9-10,14-17,26H,8,11-13,18H2,(H2,34,35)(H,36,40);1-10,12-13,15,21H,11,14,16H2,(H2,32,33)(H,34,36);1-8,10-12,19H,9,13-14H2,(H2,32,33)(H,34,36);2-12,22H,13-14H2,1H3,(H2,29,31)(H,32,34)(H,33,35)/t26-;21-;19-;22-/m0110/s1. The van der Waals surface area contributed by atoms with Crippen molar-refractivity contribution in [2.24, 2.45) is 11.8 Å². The van der Waals surface area contributed by atoms with Crippen molar-refractivity contribution in [2.75, 3.05) is 22.9 Å². The Bertz CT molecular complexity index is 8010. The number of nitrogens with zero attached hydrogens (tertiary/aromatic N) is 7. The van der Waals surface area contributed by atoms with E-state index in [9.17, 15) is 82.3 Å². The van der Waals surface area contributed by atoms with Crippen LogP contribution in [0, 0.1) is 76.9 Å². The number of hydrogen-bond acceptors (Lipinski definition) is 21. The molecule has 11 aromatic carbocycles. The average molecular weight is 2030 g/mol. The minimum absolute atomic E-state index is 0.00187. The zero-order chi connectivity index (χ0) is 105. The van der Waals surface area contributed by atoms with Crippen molar-refractivity contribution >= 4 is 124 Å². The van der Waals surface area contributed by atoms with E-state index in [-0.39, 0.29) is 118 Å². The molecular formula is C113H94F10N16O10. The van der Waals surface area contributed by atoms with Crippen molar-refractivity contribution in [3.8, 4) is 11.5 Å². The van der Waals surface area contributed by atoms with Crippen molar-refractivity contribution in [3.05, 3.63) is 423 Å². The van der Waals surface area contributed by atoms with Crippen LogP contribution in [0.4, 0.5) is 67.2 Å². The van der Waals surface area contributed by atoms with Crippen LogP contribution in [0.5, 0.6) is 0 Å². The SMILES string of the molecule is Cc1cccnc1C(=O)N[C@@H](Cc1ccc(F)c(F)c1)C(=O)NCc1ccc2c(N)nccc2c1.Nc1nccc2cc(CCC(=O)[C@H](Cc3ccc(F)c(F)c3)NC(=O)CCc3nnc(-c4ccccc4)o3)ccc12.Nc1nccc2cc(CNC(=O)[C@@H](CC(=O)c3cc4ccccc4o3)Cc3ccc(F)c(F)c3)ccc12.Nc1nccc2cc(CNC(=O)[C@@H](CC(=O)c3ccc(F)c(F)c3)Cc3ccc(F)c(F)c3)ccc12. The molecule has 0 bridgehead atoms. The summed E-state index contributed by atoms with van der Waals surface area (Å²) in [5.41, 5.74) is 30.4. The summed E-state index contributed by atoms with van der Waals surface area (Å²) in [6.45, 7) is 2.26. The Morgan fingerprint density at radius 2 is 0.752 bits per heavy atom. The lowest BCUT2D eigenvalue weighted by Gasteiger charge is -2.19. The van der Waals surface area contributed by atoms with E-state index in [1.165, 1.54) is 30.5 Å². The number of rotatable bonds is 34. The molecular weight excluding hydrogens is 1930 g/mol. The van der Waals surface area contributed by atoms with Gasteiger partial charge in [-0.1, -0.05) is 121 Å². The number of anilines is 4. The fraction of sp³-hybridized carbons (Fsp3) is 0.159. The van der Waals surface area contributed by atoms with Gasteiger partial charge in [0.1, 0.15) is 40.6 Å². The maximum atomic E-state index is 13.9. The topological polar surface area (TPSA) is 417 Å². The van der Waals surface area contributed by atoms with Crippen LogP contribution in [-0.4, -0.2) is 94.1 Å². The number of nitrogens with two attached hydrogens (primary N) is 4. The molecule has 5 amide bonds. The van der Waals surface area contributed by atoms with E-state index in [0.717, 1.165) is 143 Å². The van der Waals surface area contributed by atoms with Gasteiger partial charge in [-0.25, -0.2) is 63.8 Å². The number of ketones is 3. The molecule has 0 spiro atoms. The van der Waals surface area contributed by atoms with E-state index < -0.39 is 112 Å². The van der Waals surface area contributed by atoms with Crippen LogP contribution in [0.15, 0.2) is 301 Å². The number of amides is 5. The highest BCUT2D eigenvalue weighted by molar-refractivity contribution is 6.02. The van der Waals surface area contributed by atoms with Gasteiger partial charge in [0.25, 0.3) is 5.91 Å². The summed E-state index contributed by atoms with van der Waals surface area (Å²) in [6.07, 6.45) is 8.05. The van der Waals surface area contributed by atoms with Crippen molar-refractivity contribution in [2.45, 2.75) is 103 Å². The van der Waals surface area contributed by atoms with Crippen molar-refractivity contribution in [3.63, 3.8) is 0 Å². The first-order valence-corrected chi connectivity index (χ1v) is 46.8. The van der Waals surface area contributed by atoms with Crippen molar-refractivity contribution < 1.29 is 91.1 Å². The van der Waals surface area contributed by atoms with Gasteiger partial charge in [-0.3, -0.25) is 43.3 Å². The summed E-state index contributed by atoms with van der Waals surface area (Å²) in [6, 6.07) is 65.2. The normalized spacial score (nSPS) is 11.9. The first-order valence-electron chi connectivity index (χ1n) is 46.8. The van der Waals surface area contributed by atoms with Gasteiger partial charge in [0, 0.05) is 139 Å². The van der Waals surface area contributed by atoms with Gasteiger partial charge in [-0.15, -0.1) is 10.2 Å². The summed E-state index contributed by atoms with van der Waals surface area (Å²) in [7, 11) is 0. The average Bonchev–Trinajstić information content (AvgIpc) is 1.32. The molecule has 0 aliphatic carbocycles. The van der Waals surface area contributed by atoms with Crippen LogP contribution in [0.2, 0.25) is 0 Å². The number of nitrogens with one attached hydrogen (secondary N) is 5. The lowest BCUT2D eigenvalue weighted by Crippen LogP contribution is -2.48. The number of halogens is 10. The Hall–Kier alpha value is -18.3. The zero-order valence-corrected chi connectivity index (χ0v) is 79.5. The summed E-state index contributed by atoms with van der Waals surface area (Å²) in [4.78, 5) is 125. The molecule has 7 aromatic heterocycles. The Balaban J connectivity index is 0.000000149. The molecule has 0 aliphatic rings. The minimum Gasteiger partial charge on any atom is -0.453 e. The van der Waals surface area contributed by atoms with E-state index >= 15 is 0 Å². The molecule has 7 heterocycles. The number of benzene rings is 11. The van der Waals surface area contributed by atoms with Crippen LogP contribution in [0.3, 0.4) is 0 Å². The molecule has 4 atom stereocenters. The number of aromatic nitrogens is 7. The molecule has 756 valence electrons. The van der Waals surface area contributed by atoms with Gasteiger partial charge in [0.2, 0.25) is 35.4 Å². The summed E-state index contributed by atoms with van der Waals surface area (Å²) in [5, 5.41) is 29.4. The van der Waals surface area contributed by atoms with Gasteiger partial charge in [0.15, 0.2) is 81.3 Å². The number of hydrogen-bond donors (Lipinski definition) is 9. The molecule has 0 saturated heterocycles. The summed E-state index contributed by atoms with van der Waals surface area (Å²) >= 11 is 0. The molecule has 26 nitrogen and oxygen atoms in total. The third kappa shape index (κ3) is 28.1. The lowest BCUT2D eigenvalue weighted by atomic mass is 9.91. The Morgan fingerprint density at radius 3 is 1.21 bits per heavy atom. The number of furan rings is 1. The first kappa shape index (κ1) is 105. The largest absolute Gasteiger partial charge is 0.453 e. The molecule has 149 heavy (non-hydrogen) atoms. The van der Waals surface area contributed by atoms with Crippen LogP contribution in [0.1, 0.15) is 113 Å². The quantitative estimate of drug-likeness (QED) is 0.0134. The number of aryl methyl sites for hydroxylation is 3. The molecule has 0 saturated carbocycles. The number of pyridine rings is 5. The Kier molecular flexibility index (Phi) is 34.5. The first-order chi connectivity index (χ1) is 71.7. The third-order valence-corrected chi connectivity index (χ3v) is 24.4. The second-order valence-electron chi connectivity index (χ2n) is 35.0. The number of carbonyl (C=O) groups is 8. The smallest absolute Gasteiger partial charge is 0.270 e. The summed E-state index contributed by atoms with van der Waals surface area (Å²) < 4.78 is 147. The number of nitrogen functional groups attached to an aromatic ring is 4. The summed E-state index contributed by atoms with van der Waals surface area (Å²) in [5.74, 6) is -13.3. The van der Waals surface area contributed by atoms with Gasteiger partial charge >= 0.3 is 0 Å². The minimum atomic E-state index is -1.19. The maximum Gasteiger partial charge on any atom is 0.270 e. The molecule has 36 heteroatoms. The van der Waals surface area contributed by atoms with E-state index in [1.54, 1.807) is 80.2 Å². The van der Waals surface area contributed by atoms with Crippen LogP contribution >= 0.6 is 0 Å². The molecule has 0 fully saturated rings. The number of carbonyl (C=O) groups excluding carboxylic acids is 8. The fourth-order valence-electron chi connectivity index (χ4n) is 16.5. The monoisotopic (exact) mass is 2020 g/mol. The second-order valence-corrected chi connectivity index (χ2v) is 35.0. The highest BCUT2D eigenvalue weighted by Crippen LogP contribution is 2.31. The maximum absolute atomic E-state index is 13.9. The van der Waals surface area contributed by atoms with Crippen LogP contribution in [-0.2, 0) is 82.1 Å². The van der Waals surface area contributed by atoms with E-state index in [1.807, 2.05) is 121 Å². The molecule has 13 N–H and O–H groups in total. The van der Waals surface area contributed by atoms with Crippen LogP contribution < -0.4 is 49.5 Å². The lowest BCUT2D eigenvalue weighted by molar-refractivity contribution is -0.127. The van der Waals surface area contributed by atoms with Crippen LogP contribution in [0.25, 0.3) is 65.5 Å². The van der Waals surface area contributed by atoms with Gasteiger partial charge in [-0.05, 0) is 244 Å². The van der Waals surface area contributed by atoms with Crippen molar-refractivity contribution in [1.29, 1.82) is 0 Å². The molecule has 18 rings (SSSR count). The number of fused-ring (bicyclic) bond motifs is 5. The third-order valence-electron chi connectivity index (χ3n) is 24.4. The van der Waals surface area contributed by atoms with Gasteiger partial charge < -0.3 is 58.4 Å².